The maximum absolute atomic E-state index is 13.0. The predicted octanol–water partition coefficient (Wildman–Crippen LogP) is 4.16. The molecule has 3 fully saturated rings. The lowest BCUT2D eigenvalue weighted by Crippen LogP contribution is -2.41. The van der Waals surface area contributed by atoms with E-state index in [0.717, 1.165) is 49.4 Å². The number of hydrogen-bond acceptors (Lipinski definition) is 4. The van der Waals surface area contributed by atoms with Crippen LogP contribution in [0.4, 0.5) is 0 Å². The normalized spacial score (nSPS) is 29.2. The summed E-state index contributed by atoms with van der Waals surface area (Å²) in [5.74, 6) is 2.65. The Labute approximate surface area is 191 Å². The van der Waals surface area contributed by atoms with Crippen molar-refractivity contribution in [2.24, 2.45) is 23.2 Å². The third-order valence-electron chi connectivity index (χ3n) is 7.74. The zero-order chi connectivity index (χ0) is 21.7. The number of amides is 1. The summed E-state index contributed by atoms with van der Waals surface area (Å²) in [5, 5.41) is 15.7. The van der Waals surface area contributed by atoms with Crippen molar-refractivity contribution < 1.29 is 14.6 Å². The summed E-state index contributed by atoms with van der Waals surface area (Å²) < 4.78 is 5.71. The molecule has 0 spiro atoms. The van der Waals surface area contributed by atoms with Crippen molar-refractivity contribution in [3.63, 3.8) is 0 Å². The Hall–Kier alpha value is -1.14. The molecule has 4 rings (SSSR count). The van der Waals surface area contributed by atoms with Crippen molar-refractivity contribution in [3.05, 3.63) is 34.3 Å². The molecule has 31 heavy (non-hydrogen) atoms. The number of fused-ring (bicyclic) bond motifs is 2. The Kier molecular flexibility index (Phi) is 7.91. The first-order chi connectivity index (χ1) is 15.1. The summed E-state index contributed by atoms with van der Waals surface area (Å²) in [6.45, 7) is 3.55. The van der Waals surface area contributed by atoms with Gasteiger partial charge in [0.05, 0.1) is 23.8 Å². The van der Waals surface area contributed by atoms with Gasteiger partial charge in [0.1, 0.15) is 0 Å². The molecule has 3 N–H and O–H groups in total. The summed E-state index contributed by atoms with van der Waals surface area (Å²) in [6.07, 6.45) is 10.1. The number of carbonyl (C=O) groups is 1. The van der Waals surface area contributed by atoms with E-state index in [9.17, 15) is 4.79 Å². The fourth-order valence-corrected chi connectivity index (χ4v) is 6.60. The molecule has 5 nitrogen and oxygen atoms in total. The number of hydrogen-bond donors (Lipinski definition) is 3. The van der Waals surface area contributed by atoms with Crippen LogP contribution in [0.1, 0.15) is 67.3 Å². The van der Waals surface area contributed by atoms with Gasteiger partial charge in [0.2, 0.25) is 0 Å². The van der Waals surface area contributed by atoms with Gasteiger partial charge in [-0.3, -0.25) is 4.79 Å². The number of rotatable bonds is 11. The quantitative estimate of drug-likeness (QED) is 0.444. The lowest BCUT2D eigenvalue weighted by molar-refractivity contribution is 0.0853. The number of benzene rings is 1. The van der Waals surface area contributed by atoms with Gasteiger partial charge in [-0.25, -0.2) is 0 Å². The Bertz CT molecular complexity index is 758. The average molecular weight is 449 g/mol. The van der Waals surface area contributed by atoms with Crippen LogP contribution in [0.3, 0.4) is 0 Å². The summed E-state index contributed by atoms with van der Waals surface area (Å²) >= 11 is 6.37. The first-order valence-electron chi connectivity index (χ1n) is 12.0. The lowest BCUT2D eigenvalue weighted by atomic mass is 9.67. The van der Waals surface area contributed by atoms with Crippen molar-refractivity contribution in [2.75, 3.05) is 32.8 Å². The molecule has 0 radical (unpaired) electrons. The van der Waals surface area contributed by atoms with Crippen molar-refractivity contribution in [3.8, 4) is 0 Å². The molecule has 3 aliphatic rings. The van der Waals surface area contributed by atoms with E-state index in [0.29, 0.717) is 29.2 Å². The largest absolute Gasteiger partial charge is 0.396 e. The van der Waals surface area contributed by atoms with Gasteiger partial charge in [0, 0.05) is 19.7 Å². The van der Waals surface area contributed by atoms with Crippen LogP contribution in [0.5, 0.6) is 0 Å². The second-order valence-electron chi connectivity index (χ2n) is 10.0. The fraction of sp³-hybridized carbons (Fsp3) is 0.720. The van der Waals surface area contributed by atoms with Crippen LogP contribution in [0.25, 0.3) is 0 Å². The predicted molar refractivity (Wildman–Crippen MR) is 123 cm³/mol. The molecule has 172 valence electrons. The number of aliphatic hydroxyl groups is 1. The Morgan fingerprint density at radius 2 is 2.10 bits per heavy atom. The molecule has 0 saturated heterocycles. The minimum atomic E-state index is -0.0642. The van der Waals surface area contributed by atoms with Crippen molar-refractivity contribution in [2.45, 2.75) is 58.0 Å². The number of nitrogens with one attached hydrogen (secondary N) is 2. The average Bonchev–Trinajstić information content (AvgIpc) is 2.98. The smallest absolute Gasteiger partial charge is 0.252 e. The molecule has 4 unspecified atom stereocenters. The van der Waals surface area contributed by atoms with Gasteiger partial charge in [-0.2, -0.15) is 0 Å². The van der Waals surface area contributed by atoms with E-state index in [2.05, 4.69) is 10.6 Å². The van der Waals surface area contributed by atoms with Gasteiger partial charge in [-0.05, 0) is 85.9 Å². The highest BCUT2D eigenvalue weighted by Crippen LogP contribution is 2.58. The van der Waals surface area contributed by atoms with Gasteiger partial charge in [-0.15, -0.1) is 0 Å². The van der Waals surface area contributed by atoms with Gasteiger partial charge in [0.15, 0.2) is 0 Å². The maximum atomic E-state index is 13.0. The van der Waals surface area contributed by atoms with Gasteiger partial charge in [-0.1, -0.05) is 30.5 Å². The van der Waals surface area contributed by atoms with Crippen LogP contribution in [0.15, 0.2) is 18.2 Å². The number of halogens is 1. The minimum Gasteiger partial charge on any atom is -0.396 e. The number of carbonyl (C=O) groups excluding carboxylic acids is 1. The molecule has 0 heterocycles. The van der Waals surface area contributed by atoms with Crippen LogP contribution >= 0.6 is 11.6 Å². The minimum absolute atomic E-state index is 0.0642. The standard InChI is InChI=1S/C25H37ClN2O3/c26-23-5-4-18(16-31-10-8-27-7-2-9-29)13-22(23)24(30)28-17-25-6-1-3-20-11-19(14-25)12-21(20)15-25/h4-5,13,19-21,27,29H,1-3,6-12,14-17H2,(H,28,30). The first kappa shape index (κ1) is 23.0. The highest BCUT2D eigenvalue weighted by atomic mass is 35.5. The molecule has 1 aromatic rings. The van der Waals surface area contributed by atoms with Crippen molar-refractivity contribution >= 4 is 17.5 Å². The number of aliphatic hydroxyl groups excluding tert-OH is 1. The van der Waals surface area contributed by atoms with E-state index in [1.165, 1.54) is 44.9 Å². The van der Waals surface area contributed by atoms with Gasteiger partial charge >= 0.3 is 0 Å². The Morgan fingerprint density at radius 1 is 1.23 bits per heavy atom. The second kappa shape index (κ2) is 10.7. The molecular weight excluding hydrogens is 412 g/mol. The van der Waals surface area contributed by atoms with Crippen molar-refractivity contribution in [1.29, 1.82) is 0 Å². The fourth-order valence-electron chi connectivity index (χ4n) is 6.40. The number of ether oxygens (including phenoxy) is 1. The van der Waals surface area contributed by atoms with E-state index in [4.69, 9.17) is 21.4 Å². The molecule has 0 aromatic heterocycles. The van der Waals surface area contributed by atoms with E-state index in [1.807, 2.05) is 12.1 Å². The lowest BCUT2D eigenvalue weighted by Gasteiger charge is -2.40. The van der Waals surface area contributed by atoms with Crippen LogP contribution in [-0.4, -0.2) is 43.9 Å². The highest BCUT2D eigenvalue weighted by molar-refractivity contribution is 6.33. The van der Waals surface area contributed by atoms with E-state index in [-0.39, 0.29) is 12.5 Å². The van der Waals surface area contributed by atoms with Gasteiger partial charge in [0.25, 0.3) is 5.91 Å². The first-order valence-corrected chi connectivity index (χ1v) is 12.4. The van der Waals surface area contributed by atoms with Crippen LogP contribution in [-0.2, 0) is 11.3 Å². The second-order valence-corrected chi connectivity index (χ2v) is 10.4. The molecule has 3 saturated carbocycles. The third kappa shape index (κ3) is 5.81. The van der Waals surface area contributed by atoms with E-state index in [1.54, 1.807) is 6.07 Å². The molecule has 0 aliphatic heterocycles. The molecule has 3 aliphatic carbocycles. The Morgan fingerprint density at radius 3 is 2.97 bits per heavy atom. The van der Waals surface area contributed by atoms with E-state index >= 15 is 0 Å². The van der Waals surface area contributed by atoms with Crippen LogP contribution < -0.4 is 10.6 Å². The SMILES string of the molecule is O=C(NCC12CCCC3CC(CC3C1)C2)c1cc(COCCNCCCO)ccc1Cl. The molecule has 6 heteroatoms. The van der Waals surface area contributed by atoms with Gasteiger partial charge < -0.3 is 20.5 Å². The highest BCUT2D eigenvalue weighted by Gasteiger charge is 2.49. The molecule has 1 aromatic carbocycles. The monoisotopic (exact) mass is 448 g/mol. The Balaban J connectivity index is 1.28. The summed E-state index contributed by atoms with van der Waals surface area (Å²) in [5.41, 5.74) is 1.80. The summed E-state index contributed by atoms with van der Waals surface area (Å²) in [7, 11) is 0. The summed E-state index contributed by atoms with van der Waals surface area (Å²) in [6, 6.07) is 5.58. The molecule has 3 bridgehead atoms. The maximum Gasteiger partial charge on any atom is 0.252 e. The molecule has 1 amide bonds. The molecular formula is C25H37ClN2O3. The van der Waals surface area contributed by atoms with Crippen LogP contribution in [0, 0.1) is 23.2 Å². The molecule has 4 atom stereocenters. The zero-order valence-electron chi connectivity index (χ0n) is 18.5. The zero-order valence-corrected chi connectivity index (χ0v) is 19.3. The van der Waals surface area contributed by atoms with Crippen LogP contribution in [0.2, 0.25) is 5.02 Å². The van der Waals surface area contributed by atoms with Crippen molar-refractivity contribution in [1.82, 2.24) is 10.6 Å². The summed E-state index contributed by atoms with van der Waals surface area (Å²) in [4.78, 5) is 13.0. The van der Waals surface area contributed by atoms with E-state index < -0.39 is 0 Å². The third-order valence-corrected chi connectivity index (χ3v) is 8.07. The topological polar surface area (TPSA) is 70.6 Å².